The zero-order valence-electron chi connectivity index (χ0n) is 19.6. The van der Waals surface area contributed by atoms with Crippen molar-refractivity contribution < 1.29 is 27.4 Å². The molecule has 0 N–H and O–H groups in total. The monoisotopic (exact) mass is 474 g/mol. The fraction of sp³-hybridized carbons (Fsp3) is 0.462. The molecule has 1 aliphatic carbocycles. The van der Waals surface area contributed by atoms with E-state index in [1.165, 1.54) is 6.07 Å². The molecule has 0 bridgehead atoms. The van der Waals surface area contributed by atoms with Crippen LogP contribution in [0, 0.1) is 5.82 Å². The van der Waals surface area contributed by atoms with Gasteiger partial charge in [0.15, 0.2) is 0 Å². The summed E-state index contributed by atoms with van der Waals surface area (Å²) in [5.41, 5.74) is 2.13. The summed E-state index contributed by atoms with van der Waals surface area (Å²) in [5, 5.41) is 0. The molecule has 0 unspecified atom stereocenters. The van der Waals surface area contributed by atoms with Crippen molar-refractivity contribution in [3.63, 3.8) is 0 Å². The highest BCUT2D eigenvalue weighted by atomic mass is 19.3. The van der Waals surface area contributed by atoms with Crippen LogP contribution in [-0.2, 0) is 11.3 Å². The Morgan fingerprint density at radius 2 is 1.97 bits per heavy atom. The average Bonchev–Trinajstić information content (AvgIpc) is 2.76. The molecule has 1 aliphatic heterocycles. The first-order valence-corrected chi connectivity index (χ1v) is 11.4. The number of carbonyl (C=O) groups is 1. The normalized spacial score (nSPS) is 18.2. The first-order valence-electron chi connectivity index (χ1n) is 11.4. The maximum Gasteiger partial charge on any atom is 0.410 e. The van der Waals surface area contributed by atoms with Gasteiger partial charge in [-0.05, 0) is 56.4 Å². The van der Waals surface area contributed by atoms with E-state index >= 15 is 0 Å². The second-order valence-corrected chi connectivity index (χ2v) is 9.87. The molecule has 1 aromatic carbocycles. The predicted octanol–water partition coefficient (Wildman–Crippen LogP) is 6.34. The molecule has 2 aliphatic rings. The summed E-state index contributed by atoms with van der Waals surface area (Å²) in [6.07, 6.45) is 1.77. The standard InChI is InChI=1S/C26H29F3N2O3/c1-25(2,3)34-24(32)31-11-9-17(10-12-31)22-5-4-6-23(30-22)33-16-19-8-7-18(13-21(19)27)20-14-26(28,29)15-20/h4-9,13,20H,10-12,14-16H2,1-3H3. The summed E-state index contributed by atoms with van der Waals surface area (Å²) in [6.45, 7) is 6.44. The van der Waals surface area contributed by atoms with Gasteiger partial charge in [0.2, 0.25) is 11.8 Å². The lowest BCUT2D eigenvalue weighted by atomic mass is 9.76. The Morgan fingerprint density at radius 3 is 2.59 bits per heavy atom. The number of benzene rings is 1. The highest BCUT2D eigenvalue weighted by Crippen LogP contribution is 2.48. The second kappa shape index (κ2) is 9.31. The molecular weight excluding hydrogens is 445 g/mol. The third-order valence-electron chi connectivity index (χ3n) is 5.93. The summed E-state index contributed by atoms with van der Waals surface area (Å²) in [5.74, 6) is -3.05. The van der Waals surface area contributed by atoms with Gasteiger partial charge in [-0.1, -0.05) is 24.3 Å². The quantitative estimate of drug-likeness (QED) is 0.508. The molecule has 1 saturated carbocycles. The zero-order valence-corrected chi connectivity index (χ0v) is 19.6. The molecule has 5 nitrogen and oxygen atoms in total. The number of alkyl halides is 2. The molecule has 2 aromatic rings. The predicted molar refractivity (Wildman–Crippen MR) is 122 cm³/mol. The molecule has 8 heteroatoms. The van der Waals surface area contributed by atoms with Crippen LogP contribution < -0.4 is 4.74 Å². The van der Waals surface area contributed by atoms with Crippen LogP contribution in [0.25, 0.3) is 5.57 Å². The Hall–Kier alpha value is -3.03. The molecule has 2 heterocycles. The number of hydrogen-bond donors (Lipinski definition) is 0. The van der Waals surface area contributed by atoms with E-state index in [0.717, 1.165) is 11.3 Å². The van der Waals surface area contributed by atoms with Crippen LogP contribution in [0.2, 0.25) is 0 Å². The van der Waals surface area contributed by atoms with Crippen molar-refractivity contribution >= 4 is 11.7 Å². The topological polar surface area (TPSA) is 51.7 Å². The summed E-state index contributed by atoms with van der Waals surface area (Å²) in [7, 11) is 0. The van der Waals surface area contributed by atoms with E-state index in [1.807, 2.05) is 39.0 Å². The minimum Gasteiger partial charge on any atom is -0.473 e. The molecule has 0 spiro atoms. The maximum absolute atomic E-state index is 14.5. The highest BCUT2D eigenvalue weighted by molar-refractivity contribution is 5.72. The number of pyridine rings is 1. The molecule has 1 aromatic heterocycles. The molecule has 182 valence electrons. The van der Waals surface area contributed by atoms with Gasteiger partial charge in [-0.25, -0.2) is 22.9 Å². The largest absolute Gasteiger partial charge is 0.473 e. The van der Waals surface area contributed by atoms with Crippen LogP contribution >= 0.6 is 0 Å². The zero-order chi connectivity index (χ0) is 24.5. The lowest BCUT2D eigenvalue weighted by Crippen LogP contribution is -2.39. The van der Waals surface area contributed by atoms with Crippen molar-refractivity contribution in [2.75, 3.05) is 13.1 Å². The van der Waals surface area contributed by atoms with Gasteiger partial charge in [-0.3, -0.25) is 0 Å². The smallest absolute Gasteiger partial charge is 0.410 e. The van der Waals surface area contributed by atoms with E-state index in [2.05, 4.69) is 4.98 Å². The van der Waals surface area contributed by atoms with Gasteiger partial charge in [-0.2, -0.15) is 0 Å². The second-order valence-electron chi connectivity index (χ2n) is 9.87. The van der Waals surface area contributed by atoms with Gasteiger partial charge >= 0.3 is 6.09 Å². The third kappa shape index (κ3) is 5.90. The Labute approximate surface area is 197 Å². The van der Waals surface area contributed by atoms with Crippen LogP contribution in [0.1, 0.15) is 62.8 Å². The van der Waals surface area contributed by atoms with Crippen LogP contribution in [-0.4, -0.2) is 40.6 Å². The number of hydrogen-bond acceptors (Lipinski definition) is 4. The van der Waals surface area contributed by atoms with Crippen LogP contribution in [0.5, 0.6) is 5.88 Å². The summed E-state index contributed by atoms with van der Waals surface area (Å²) >= 11 is 0. The van der Waals surface area contributed by atoms with Gasteiger partial charge in [0.25, 0.3) is 0 Å². The van der Waals surface area contributed by atoms with Crippen molar-refractivity contribution in [3.05, 3.63) is 65.1 Å². The lowest BCUT2D eigenvalue weighted by Gasteiger charge is -2.35. The molecule has 4 rings (SSSR count). The number of halogens is 3. The van der Waals surface area contributed by atoms with Crippen molar-refractivity contribution in [1.82, 2.24) is 9.88 Å². The summed E-state index contributed by atoms with van der Waals surface area (Å²) in [4.78, 5) is 18.4. The molecule has 1 amide bonds. The Kier molecular flexibility index (Phi) is 6.60. The van der Waals surface area contributed by atoms with Crippen molar-refractivity contribution in [1.29, 1.82) is 0 Å². The fourth-order valence-electron chi connectivity index (χ4n) is 4.05. The average molecular weight is 475 g/mol. The van der Waals surface area contributed by atoms with Gasteiger partial charge in [0.05, 0.1) is 5.69 Å². The van der Waals surface area contributed by atoms with Crippen molar-refractivity contribution in [2.45, 2.75) is 64.1 Å². The van der Waals surface area contributed by atoms with Gasteiger partial charge < -0.3 is 14.4 Å². The minimum absolute atomic E-state index is 0.0190. The van der Waals surface area contributed by atoms with Crippen LogP contribution in [0.3, 0.4) is 0 Å². The van der Waals surface area contributed by atoms with Gasteiger partial charge in [-0.15, -0.1) is 0 Å². The van der Waals surface area contributed by atoms with E-state index in [9.17, 15) is 18.0 Å². The number of aromatic nitrogens is 1. The molecule has 1 fully saturated rings. The Morgan fingerprint density at radius 1 is 1.21 bits per heavy atom. The number of carbonyl (C=O) groups excluding carboxylic acids is 1. The maximum atomic E-state index is 14.5. The summed E-state index contributed by atoms with van der Waals surface area (Å²) in [6, 6.07) is 9.98. The highest BCUT2D eigenvalue weighted by Gasteiger charge is 2.45. The Bertz CT molecular complexity index is 1090. The number of rotatable bonds is 5. The van der Waals surface area contributed by atoms with E-state index in [1.54, 1.807) is 23.1 Å². The SMILES string of the molecule is CC(C)(C)OC(=O)N1CC=C(c2cccc(OCc3ccc(C4CC(F)(F)C4)cc3F)n2)CC1. The molecule has 0 saturated heterocycles. The fourth-order valence-corrected chi connectivity index (χ4v) is 4.05. The van der Waals surface area contributed by atoms with E-state index in [0.29, 0.717) is 36.5 Å². The van der Waals surface area contributed by atoms with Crippen LogP contribution in [0.15, 0.2) is 42.5 Å². The molecule has 0 radical (unpaired) electrons. The first kappa shape index (κ1) is 24.1. The molecular formula is C26H29F3N2O3. The number of ether oxygens (including phenoxy) is 2. The van der Waals surface area contributed by atoms with Crippen molar-refractivity contribution in [2.24, 2.45) is 0 Å². The Balaban J connectivity index is 1.35. The van der Waals surface area contributed by atoms with E-state index in [4.69, 9.17) is 9.47 Å². The summed E-state index contributed by atoms with van der Waals surface area (Å²) < 4.78 is 51.8. The van der Waals surface area contributed by atoms with E-state index < -0.39 is 17.3 Å². The number of nitrogens with zero attached hydrogens (tertiary/aromatic N) is 2. The van der Waals surface area contributed by atoms with Crippen LogP contribution in [0.4, 0.5) is 18.0 Å². The van der Waals surface area contributed by atoms with Crippen molar-refractivity contribution in [3.8, 4) is 5.88 Å². The van der Waals surface area contributed by atoms with Gasteiger partial charge in [0, 0.05) is 37.6 Å². The molecule has 34 heavy (non-hydrogen) atoms. The number of amides is 1. The van der Waals surface area contributed by atoms with E-state index in [-0.39, 0.29) is 31.5 Å². The molecule has 0 atom stereocenters. The van der Waals surface area contributed by atoms with Gasteiger partial charge in [0.1, 0.15) is 18.0 Å². The minimum atomic E-state index is -2.64. The lowest BCUT2D eigenvalue weighted by molar-refractivity contribution is -0.0868. The third-order valence-corrected chi connectivity index (χ3v) is 5.93. The first-order chi connectivity index (χ1) is 16.0.